The molecule has 1 N–H and O–H groups in total. The lowest BCUT2D eigenvalue weighted by Crippen LogP contribution is -2.53. The van der Waals surface area contributed by atoms with Gasteiger partial charge in [0.25, 0.3) is 0 Å². The Morgan fingerprint density at radius 2 is 2.04 bits per heavy atom. The summed E-state index contributed by atoms with van der Waals surface area (Å²) in [7, 11) is 0. The summed E-state index contributed by atoms with van der Waals surface area (Å²) < 4.78 is 11.1. The highest BCUT2D eigenvalue weighted by Gasteiger charge is 2.20. The van der Waals surface area contributed by atoms with Crippen LogP contribution >= 0.6 is 24.0 Å². The molecular formula is C19H39IN4O2. The molecule has 2 saturated heterocycles. The fraction of sp³-hybridized carbons (Fsp3) is 0.947. The minimum atomic E-state index is 0. The predicted octanol–water partition coefficient (Wildman–Crippen LogP) is 2.29. The third-order valence-corrected chi connectivity index (χ3v) is 4.72. The first-order valence-corrected chi connectivity index (χ1v) is 10.1. The Morgan fingerprint density at radius 3 is 2.65 bits per heavy atom. The molecule has 2 aliphatic rings. The van der Waals surface area contributed by atoms with Gasteiger partial charge in [0.1, 0.15) is 0 Å². The SMILES string of the molecule is CCNC(=NCCCOCC1CCOC1)N1CCN(CC(C)C)CC1.I. The van der Waals surface area contributed by atoms with Crippen molar-refractivity contribution in [2.45, 2.75) is 33.6 Å². The van der Waals surface area contributed by atoms with Gasteiger partial charge in [0, 0.05) is 64.9 Å². The first kappa shape index (κ1) is 23.9. The molecule has 2 aliphatic heterocycles. The summed E-state index contributed by atoms with van der Waals surface area (Å²) in [6, 6.07) is 0. The first-order valence-electron chi connectivity index (χ1n) is 10.1. The van der Waals surface area contributed by atoms with Crippen LogP contribution in [0.25, 0.3) is 0 Å². The molecule has 0 radical (unpaired) electrons. The second kappa shape index (κ2) is 14.0. The zero-order valence-electron chi connectivity index (χ0n) is 16.9. The molecule has 0 saturated carbocycles. The maximum Gasteiger partial charge on any atom is 0.194 e. The lowest BCUT2D eigenvalue weighted by Gasteiger charge is -2.37. The molecule has 26 heavy (non-hydrogen) atoms. The van der Waals surface area contributed by atoms with Gasteiger partial charge in [-0.2, -0.15) is 0 Å². The Bertz CT molecular complexity index is 382. The minimum absolute atomic E-state index is 0. The molecule has 2 fully saturated rings. The molecule has 0 spiro atoms. The van der Waals surface area contributed by atoms with Crippen molar-refractivity contribution in [3.8, 4) is 0 Å². The third kappa shape index (κ3) is 9.19. The van der Waals surface area contributed by atoms with Crippen molar-refractivity contribution in [2.24, 2.45) is 16.8 Å². The van der Waals surface area contributed by atoms with E-state index in [0.29, 0.717) is 5.92 Å². The Kier molecular flexibility index (Phi) is 12.8. The summed E-state index contributed by atoms with van der Waals surface area (Å²) >= 11 is 0. The van der Waals surface area contributed by atoms with Crippen LogP contribution in [0.15, 0.2) is 4.99 Å². The smallest absolute Gasteiger partial charge is 0.194 e. The van der Waals surface area contributed by atoms with Crippen LogP contribution in [-0.4, -0.2) is 88.0 Å². The van der Waals surface area contributed by atoms with E-state index >= 15 is 0 Å². The number of rotatable bonds is 9. The lowest BCUT2D eigenvalue weighted by molar-refractivity contribution is 0.0892. The summed E-state index contributed by atoms with van der Waals surface area (Å²) in [5.74, 6) is 2.41. The second-order valence-electron chi connectivity index (χ2n) is 7.58. The molecule has 0 aromatic carbocycles. The lowest BCUT2D eigenvalue weighted by atomic mass is 10.1. The van der Waals surface area contributed by atoms with Crippen molar-refractivity contribution in [1.29, 1.82) is 0 Å². The Balaban J connectivity index is 0.00000338. The first-order chi connectivity index (χ1) is 12.2. The molecule has 0 aliphatic carbocycles. The van der Waals surface area contributed by atoms with Crippen molar-refractivity contribution < 1.29 is 9.47 Å². The van der Waals surface area contributed by atoms with Gasteiger partial charge in [-0.25, -0.2) is 0 Å². The highest BCUT2D eigenvalue weighted by molar-refractivity contribution is 14.0. The van der Waals surface area contributed by atoms with E-state index in [1.165, 1.54) is 6.54 Å². The molecule has 1 atom stereocenters. The van der Waals surface area contributed by atoms with Gasteiger partial charge in [-0.3, -0.25) is 9.89 Å². The average molecular weight is 482 g/mol. The summed E-state index contributed by atoms with van der Waals surface area (Å²) in [4.78, 5) is 9.76. The Hall–Kier alpha value is -0.120. The van der Waals surface area contributed by atoms with E-state index in [4.69, 9.17) is 14.5 Å². The molecule has 0 aromatic rings. The minimum Gasteiger partial charge on any atom is -0.381 e. The number of ether oxygens (including phenoxy) is 2. The molecule has 0 amide bonds. The molecule has 0 bridgehead atoms. The maximum atomic E-state index is 5.77. The van der Waals surface area contributed by atoms with Gasteiger partial charge in [0.2, 0.25) is 0 Å². The quantitative estimate of drug-likeness (QED) is 0.237. The molecule has 2 rings (SSSR count). The number of nitrogens with one attached hydrogen (secondary N) is 1. The van der Waals surface area contributed by atoms with E-state index in [0.717, 1.165) is 90.4 Å². The number of halogens is 1. The molecule has 7 heteroatoms. The van der Waals surface area contributed by atoms with Gasteiger partial charge in [0.15, 0.2) is 5.96 Å². The van der Waals surface area contributed by atoms with Gasteiger partial charge in [-0.15, -0.1) is 24.0 Å². The van der Waals surface area contributed by atoms with E-state index in [1.807, 2.05) is 0 Å². The van der Waals surface area contributed by atoms with Gasteiger partial charge < -0.3 is 19.7 Å². The molecular weight excluding hydrogens is 443 g/mol. The van der Waals surface area contributed by atoms with Crippen LogP contribution in [0, 0.1) is 11.8 Å². The van der Waals surface area contributed by atoms with Crippen LogP contribution in [0.5, 0.6) is 0 Å². The standard InChI is InChI=1S/C19H38N4O2.HI/c1-4-20-19(23-10-8-22(9-11-23)14-17(2)3)21-7-5-12-24-15-18-6-13-25-16-18;/h17-18H,4-16H2,1-3H3,(H,20,21);1H. The monoisotopic (exact) mass is 482 g/mol. The van der Waals surface area contributed by atoms with Crippen LogP contribution in [0.4, 0.5) is 0 Å². The van der Waals surface area contributed by atoms with Crippen LogP contribution in [0.1, 0.15) is 33.6 Å². The number of hydrogen-bond donors (Lipinski definition) is 1. The molecule has 154 valence electrons. The molecule has 2 heterocycles. The molecule has 6 nitrogen and oxygen atoms in total. The summed E-state index contributed by atoms with van der Waals surface area (Å²) in [6.07, 6.45) is 2.13. The van der Waals surface area contributed by atoms with Gasteiger partial charge in [-0.05, 0) is 25.7 Å². The normalized spacial score (nSPS) is 21.9. The zero-order valence-corrected chi connectivity index (χ0v) is 19.2. The van der Waals surface area contributed by atoms with Crippen molar-refractivity contribution >= 4 is 29.9 Å². The van der Waals surface area contributed by atoms with Gasteiger partial charge in [-0.1, -0.05) is 13.8 Å². The molecule has 0 aromatic heterocycles. The van der Waals surface area contributed by atoms with E-state index < -0.39 is 0 Å². The highest BCUT2D eigenvalue weighted by Crippen LogP contribution is 2.12. The van der Waals surface area contributed by atoms with Crippen LogP contribution < -0.4 is 5.32 Å². The number of aliphatic imine (C=N–C) groups is 1. The highest BCUT2D eigenvalue weighted by atomic mass is 127. The van der Waals surface area contributed by atoms with Crippen molar-refractivity contribution in [1.82, 2.24) is 15.1 Å². The van der Waals surface area contributed by atoms with Crippen LogP contribution in [0.3, 0.4) is 0 Å². The summed E-state index contributed by atoms with van der Waals surface area (Å²) in [5.41, 5.74) is 0. The van der Waals surface area contributed by atoms with Gasteiger partial charge >= 0.3 is 0 Å². The van der Waals surface area contributed by atoms with Crippen molar-refractivity contribution in [2.75, 3.05) is 72.2 Å². The number of nitrogens with zero attached hydrogens (tertiary/aromatic N) is 3. The van der Waals surface area contributed by atoms with E-state index in [2.05, 4.69) is 35.9 Å². The van der Waals surface area contributed by atoms with Crippen LogP contribution in [-0.2, 0) is 9.47 Å². The topological polar surface area (TPSA) is 49.3 Å². The van der Waals surface area contributed by atoms with E-state index in [9.17, 15) is 0 Å². The maximum absolute atomic E-state index is 5.77. The fourth-order valence-electron chi connectivity index (χ4n) is 3.40. The average Bonchev–Trinajstić information content (AvgIpc) is 3.10. The number of piperazine rings is 1. The van der Waals surface area contributed by atoms with E-state index in [1.54, 1.807) is 0 Å². The Morgan fingerprint density at radius 1 is 1.27 bits per heavy atom. The zero-order chi connectivity index (χ0) is 17.9. The third-order valence-electron chi connectivity index (χ3n) is 4.72. The van der Waals surface area contributed by atoms with Crippen molar-refractivity contribution in [3.05, 3.63) is 0 Å². The fourth-order valence-corrected chi connectivity index (χ4v) is 3.40. The van der Waals surface area contributed by atoms with E-state index in [-0.39, 0.29) is 24.0 Å². The summed E-state index contributed by atoms with van der Waals surface area (Å²) in [5, 5.41) is 3.44. The second-order valence-corrected chi connectivity index (χ2v) is 7.58. The van der Waals surface area contributed by atoms with Crippen LogP contribution in [0.2, 0.25) is 0 Å². The number of hydrogen-bond acceptors (Lipinski definition) is 4. The largest absolute Gasteiger partial charge is 0.381 e. The molecule has 1 unspecified atom stereocenters. The van der Waals surface area contributed by atoms with Crippen molar-refractivity contribution in [3.63, 3.8) is 0 Å². The summed E-state index contributed by atoms with van der Waals surface area (Å²) in [6.45, 7) is 17.5. The van der Waals surface area contributed by atoms with Gasteiger partial charge in [0.05, 0.1) is 13.2 Å². The Labute approximate surface area is 177 Å². The predicted molar refractivity (Wildman–Crippen MR) is 119 cm³/mol. The number of guanidine groups is 1.